The first-order chi connectivity index (χ1) is 9.97. The van der Waals surface area contributed by atoms with Gasteiger partial charge in [0.05, 0.1) is 10.6 Å². The minimum absolute atomic E-state index is 0.000237. The Bertz CT molecular complexity index is 628. The van der Waals surface area contributed by atoms with Crippen molar-refractivity contribution in [3.63, 3.8) is 0 Å². The van der Waals surface area contributed by atoms with Crippen LogP contribution in [0.3, 0.4) is 0 Å². The second kappa shape index (κ2) is 6.41. The first-order valence-electron chi connectivity index (χ1n) is 5.87. The molecule has 2 aromatic rings. The van der Waals surface area contributed by atoms with E-state index in [0.717, 1.165) is 0 Å². The molecule has 0 atom stereocenters. The highest BCUT2D eigenvalue weighted by Gasteiger charge is 2.14. The second-order valence-electron chi connectivity index (χ2n) is 4.06. The molecule has 0 radical (unpaired) electrons. The van der Waals surface area contributed by atoms with E-state index >= 15 is 0 Å². The van der Waals surface area contributed by atoms with Crippen LogP contribution in [0.25, 0.3) is 0 Å². The van der Waals surface area contributed by atoms with Gasteiger partial charge in [-0.2, -0.15) is 8.78 Å². The van der Waals surface area contributed by atoms with Crippen LogP contribution in [0.15, 0.2) is 42.5 Å². The van der Waals surface area contributed by atoms with Crippen LogP contribution in [0.4, 0.5) is 20.2 Å². The van der Waals surface area contributed by atoms with E-state index in [0.29, 0.717) is 5.69 Å². The summed E-state index contributed by atoms with van der Waals surface area (Å²) in [7, 11) is 0. The molecule has 3 N–H and O–H groups in total. The maximum atomic E-state index is 12.1. The number of nitrogens with one attached hydrogen (secondary N) is 1. The average Bonchev–Trinajstić information content (AvgIpc) is 2.40. The third-order valence-corrected chi connectivity index (χ3v) is 2.93. The van der Waals surface area contributed by atoms with E-state index in [9.17, 15) is 13.6 Å². The summed E-state index contributed by atoms with van der Waals surface area (Å²) in [6.45, 7) is -2.90. The van der Waals surface area contributed by atoms with E-state index in [2.05, 4.69) is 10.1 Å². The van der Waals surface area contributed by atoms with Gasteiger partial charge in [0.2, 0.25) is 0 Å². The molecule has 110 valence electrons. The molecule has 7 heteroatoms. The predicted octanol–water partition coefficient (Wildman–Crippen LogP) is 3.78. The summed E-state index contributed by atoms with van der Waals surface area (Å²) >= 11 is 5.93. The van der Waals surface area contributed by atoms with Crippen molar-refractivity contribution in [3.05, 3.63) is 53.1 Å². The number of alkyl halides is 2. The van der Waals surface area contributed by atoms with E-state index in [1.54, 1.807) is 18.2 Å². The number of nitrogen functional groups attached to an aromatic ring is 1. The Labute approximate surface area is 124 Å². The molecule has 0 bridgehead atoms. The van der Waals surface area contributed by atoms with Crippen LogP contribution in [0, 0.1) is 0 Å². The average molecular weight is 313 g/mol. The smallest absolute Gasteiger partial charge is 0.387 e. The number of carbonyl (C=O) groups is 1. The second-order valence-corrected chi connectivity index (χ2v) is 4.47. The van der Waals surface area contributed by atoms with Crippen molar-refractivity contribution in [2.45, 2.75) is 6.61 Å². The van der Waals surface area contributed by atoms with Gasteiger partial charge >= 0.3 is 6.61 Å². The highest BCUT2D eigenvalue weighted by Crippen LogP contribution is 2.24. The van der Waals surface area contributed by atoms with Crippen molar-refractivity contribution in [2.24, 2.45) is 0 Å². The number of hydrogen-bond acceptors (Lipinski definition) is 3. The predicted molar refractivity (Wildman–Crippen MR) is 76.9 cm³/mol. The van der Waals surface area contributed by atoms with E-state index in [4.69, 9.17) is 17.3 Å². The number of rotatable bonds is 4. The van der Waals surface area contributed by atoms with Crippen LogP contribution in [-0.2, 0) is 0 Å². The van der Waals surface area contributed by atoms with Crippen molar-refractivity contribution < 1.29 is 18.3 Å². The van der Waals surface area contributed by atoms with Gasteiger partial charge in [0, 0.05) is 11.4 Å². The van der Waals surface area contributed by atoms with Gasteiger partial charge in [-0.15, -0.1) is 0 Å². The van der Waals surface area contributed by atoms with Gasteiger partial charge in [0.15, 0.2) is 0 Å². The summed E-state index contributed by atoms with van der Waals surface area (Å²) in [6, 6.07) is 10.2. The van der Waals surface area contributed by atoms with E-state index in [1.165, 1.54) is 24.3 Å². The minimum Gasteiger partial charge on any atom is -0.435 e. The summed E-state index contributed by atoms with van der Waals surface area (Å²) in [5.74, 6) is -0.485. The Morgan fingerprint density at radius 2 is 1.86 bits per heavy atom. The summed E-state index contributed by atoms with van der Waals surface area (Å²) in [5.41, 5.74) is 6.52. The van der Waals surface area contributed by atoms with Crippen molar-refractivity contribution in [3.8, 4) is 5.75 Å². The van der Waals surface area contributed by atoms with Crippen molar-refractivity contribution in [2.75, 3.05) is 11.1 Å². The molecule has 0 heterocycles. The van der Waals surface area contributed by atoms with Crippen LogP contribution in [0.2, 0.25) is 5.02 Å². The number of anilines is 2. The number of benzene rings is 2. The topological polar surface area (TPSA) is 64.4 Å². The molecule has 0 spiro atoms. The van der Waals surface area contributed by atoms with Crippen LogP contribution in [0.1, 0.15) is 10.4 Å². The maximum Gasteiger partial charge on any atom is 0.387 e. The lowest BCUT2D eigenvalue weighted by atomic mass is 10.1. The molecule has 0 aliphatic rings. The van der Waals surface area contributed by atoms with Crippen LogP contribution in [0.5, 0.6) is 5.75 Å². The fraction of sp³-hybridized carbons (Fsp3) is 0.0714. The van der Waals surface area contributed by atoms with E-state index in [1.807, 2.05) is 0 Å². The van der Waals surface area contributed by atoms with Gasteiger partial charge in [-0.3, -0.25) is 4.79 Å². The molecule has 2 rings (SSSR count). The van der Waals surface area contributed by atoms with Gasteiger partial charge in [0.1, 0.15) is 5.75 Å². The highest BCUT2D eigenvalue weighted by molar-refractivity contribution is 6.35. The molecule has 0 aromatic heterocycles. The fourth-order valence-electron chi connectivity index (χ4n) is 1.69. The largest absolute Gasteiger partial charge is 0.435 e. The Morgan fingerprint density at radius 3 is 2.43 bits per heavy atom. The number of carbonyl (C=O) groups excluding carboxylic acids is 1. The lowest BCUT2D eigenvalue weighted by Gasteiger charge is -2.10. The molecular formula is C14H11ClF2N2O2. The Hall–Kier alpha value is -2.34. The lowest BCUT2D eigenvalue weighted by Crippen LogP contribution is -2.14. The monoisotopic (exact) mass is 312 g/mol. The zero-order valence-corrected chi connectivity index (χ0v) is 11.4. The van der Waals surface area contributed by atoms with E-state index in [-0.39, 0.29) is 22.0 Å². The van der Waals surface area contributed by atoms with E-state index < -0.39 is 12.5 Å². The number of nitrogens with two attached hydrogens (primary N) is 1. The molecular weight excluding hydrogens is 302 g/mol. The standard InChI is InChI=1S/C14H11ClF2N2O2/c15-10-2-1-3-11(18)12(10)13(20)19-8-4-6-9(7-5-8)21-14(16)17/h1-7,14H,18H2,(H,19,20). The molecule has 0 unspecified atom stereocenters. The molecule has 1 amide bonds. The summed E-state index contributed by atoms with van der Waals surface area (Å²) in [6.07, 6.45) is 0. The van der Waals surface area contributed by atoms with Crippen LogP contribution >= 0.6 is 11.6 Å². The zero-order chi connectivity index (χ0) is 15.4. The molecule has 21 heavy (non-hydrogen) atoms. The number of halogens is 3. The summed E-state index contributed by atoms with van der Waals surface area (Å²) in [4.78, 5) is 12.1. The molecule has 0 saturated heterocycles. The lowest BCUT2D eigenvalue weighted by molar-refractivity contribution is -0.0498. The zero-order valence-electron chi connectivity index (χ0n) is 10.6. The van der Waals surface area contributed by atoms with Crippen molar-refractivity contribution in [1.29, 1.82) is 0 Å². The number of ether oxygens (including phenoxy) is 1. The Kier molecular flexibility index (Phi) is 4.59. The molecule has 2 aromatic carbocycles. The van der Waals surface area contributed by atoms with Gasteiger partial charge < -0.3 is 15.8 Å². The SMILES string of the molecule is Nc1cccc(Cl)c1C(=O)Nc1ccc(OC(F)F)cc1. The van der Waals surface area contributed by atoms with Gasteiger partial charge in [0.25, 0.3) is 5.91 Å². The molecule has 0 saturated carbocycles. The minimum atomic E-state index is -2.90. The van der Waals surface area contributed by atoms with Gasteiger partial charge in [-0.05, 0) is 36.4 Å². The molecule has 0 aliphatic carbocycles. The Balaban J connectivity index is 2.13. The van der Waals surface area contributed by atoms with Crippen molar-refractivity contribution in [1.82, 2.24) is 0 Å². The third kappa shape index (κ3) is 3.82. The summed E-state index contributed by atoms with van der Waals surface area (Å²) < 4.78 is 28.3. The number of hydrogen-bond donors (Lipinski definition) is 2. The first-order valence-corrected chi connectivity index (χ1v) is 6.25. The third-order valence-electron chi connectivity index (χ3n) is 2.61. The normalized spacial score (nSPS) is 10.5. The fourth-order valence-corrected chi connectivity index (χ4v) is 1.96. The van der Waals surface area contributed by atoms with Crippen molar-refractivity contribution >= 4 is 28.9 Å². The molecule has 0 fully saturated rings. The highest BCUT2D eigenvalue weighted by atomic mass is 35.5. The molecule has 0 aliphatic heterocycles. The van der Waals surface area contributed by atoms with Gasteiger partial charge in [-0.1, -0.05) is 17.7 Å². The quantitative estimate of drug-likeness (QED) is 0.845. The van der Waals surface area contributed by atoms with Gasteiger partial charge in [-0.25, -0.2) is 0 Å². The van der Waals surface area contributed by atoms with Crippen LogP contribution < -0.4 is 15.8 Å². The Morgan fingerprint density at radius 1 is 1.19 bits per heavy atom. The first kappa shape index (κ1) is 15.1. The summed E-state index contributed by atoms with van der Waals surface area (Å²) in [5, 5.41) is 2.80. The number of amides is 1. The van der Waals surface area contributed by atoms with Crippen LogP contribution in [-0.4, -0.2) is 12.5 Å². The molecule has 4 nitrogen and oxygen atoms in total. The maximum absolute atomic E-state index is 12.1.